The second kappa shape index (κ2) is 9.58. The molecule has 4 heterocycles. The van der Waals surface area contributed by atoms with Gasteiger partial charge in [-0.25, -0.2) is 0 Å². The number of hydrogen-bond acceptors (Lipinski definition) is 6. The van der Waals surface area contributed by atoms with Crippen LogP contribution in [0.3, 0.4) is 0 Å². The number of hydrogen-bond donors (Lipinski definition) is 1. The number of ether oxygens (including phenoxy) is 1. The Morgan fingerprint density at radius 3 is 2.66 bits per heavy atom. The fourth-order valence-electron chi connectivity index (χ4n) is 5.38. The number of nitrogens with one attached hydrogen (secondary N) is 1. The Labute approximate surface area is 209 Å². The summed E-state index contributed by atoms with van der Waals surface area (Å²) in [7, 11) is -3.70. The van der Waals surface area contributed by atoms with E-state index >= 15 is 0 Å². The second-order valence-electron chi connectivity index (χ2n) is 9.56. The smallest absolute Gasteiger partial charge is 0.282 e. The SMILES string of the molecule is N#CC1CN(S(=O)(=O)N2CCC[C@H](C(=O)N3CCC[C@@H]3C(=O)NC3COc4cccc(Cl)c43)C2)C1. The van der Waals surface area contributed by atoms with Gasteiger partial charge in [0, 0.05) is 43.3 Å². The van der Waals surface area contributed by atoms with Crippen LogP contribution in [-0.4, -0.2) is 79.1 Å². The minimum absolute atomic E-state index is 0.0964. The van der Waals surface area contributed by atoms with Gasteiger partial charge in [0.05, 0.1) is 23.9 Å². The first kappa shape index (κ1) is 24.3. The lowest BCUT2D eigenvalue weighted by molar-refractivity contribution is -0.142. The molecular weight excluding hydrogens is 494 g/mol. The Balaban J connectivity index is 1.23. The number of amides is 2. The van der Waals surface area contributed by atoms with Gasteiger partial charge >= 0.3 is 0 Å². The molecule has 0 spiro atoms. The summed E-state index contributed by atoms with van der Waals surface area (Å²) < 4.78 is 34.2. The molecule has 10 nitrogen and oxygen atoms in total. The van der Waals surface area contributed by atoms with Gasteiger partial charge < -0.3 is 15.0 Å². The van der Waals surface area contributed by atoms with Crippen molar-refractivity contribution in [1.82, 2.24) is 18.8 Å². The fraction of sp³-hybridized carbons (Fsp3) is 0.609. The quantitative estimate of drug-likeness (QED) is 0.623. The zero-order valence-corrected chi connectivity index (χ0v) is 20.8. The molecule has 4 aliphatic rings. The van der Waals surface area contributed by atoms with E-state index in [1.165, 1.54) is 8.61 Å². The van der Waals surface area contributed by atoms with Gasteiger partial charge in [-0.1, -0.05) is 17.7 Å². The van der Waals surface area contributed by atoms with Crippen molar-refractivity contribution in [3.63, 3.8) is 0 Å². The molecule has 4 aliphatic heterocycles. The van der Waals surface area contributed by atoms with Gasteiger partial charge in [-0.2, -0.15) is 22.3 Å². The number of nitriles is 1. The average Bonchev–Trinajstić information content (AvgIpc) is 3.46. The molecule has 12 heteroatoms. The Morgan fingerprint density at radius 1 is 1.11 bits per heavy atom. The number of carbonyl (C=O) groups excluding carboxylic acids is 2. The van der Waals surface area contributed by atoms with E-state index in [-0.39, 0.29) is 50.0 Å². The van der Waals surface area contributed by atoms with Crippen molar-refractivity contribution in [2.24, 2.45) is 11.8 Å². The van der Waals surface area contributed by atoms with Crippen molar-refractivity contribution in [3.05, 3.63) is 28.8 Å². The highest BCUT2D eigenvalue weighted by molar-refractivity contribution is 7.86. The summed E-state index contributed by atoms with van der Waals surface area (Å²) in [5, 5.41) is 12.5. The van der Waals surface area contributed by atoms with Crippen LogP contribution in [0.1, 0.15) is 37.3 Å². The normalized spacial score (nSPS) is 27.5. The zero-order valence-electron chi connectivity index (χ0n) is 19.2. The molecule has 0 saturated carbocycles. The zero-order chi connectivity index (χ0) is 24.7. The van der Waals surface area contributed by atoms with Crippen LogP contribution >= 0.6 is 11.6 Å². The van der Waals surface area contributed by atoms with Crippen molar-refractivity contribution < 1.29 is 22.7 Å². The molecule has 5 rings (SSSR count). The minimum atomic E-state index is -3.70. The molecule has 35 heavy (non-hydrogen) atoms. The Kier molecular flexibility index (Phi) is 6.65. The Hall–Kier alpha value is -2.39. The molecule has 188 valence electrons. The standard InChI is InChI=1S/C23H28ClN5O5S/c24-17-5-1-7-20-21(17)18(14-34-20)26-22(30)19-6-3-9-29(19)23(31)16-4-2-8-27(13-16)35(32,33)28-11-15(10-25)12-28/h1,5,7,15-16,18-19H,2-4,6,8-9,11-14H2,(H,26,30)/t16-,18?,19+/m0/s1. The summed E-state index contributed by atoms with van der Waals surface area (Å²) in [6.07, 6.45) is 2.42. The molecule has 3 saturated heterocycles. The lowest BCUT2D eigenvalue weighted by Gasteiger charge is -2.41. The maximum Gasteiger partial charge on any atom is 0.282 e. The third-order valence-corrected chi connectivity index (χ3v) is 9.60. The molecule has 0 bridgehead atoms. The fourth-order valence-corrected chi connectivity index (χ4v) is 7.47. The van der Waals surface area contributed by atoms with Gasteiger partial charge in [0.25, 0.3) is 10.2 Å². The van der Waals surface area contributed by atoms with Crippen molar-refractivity contribution in [3.8, 4) is 11.8 Å². The van der Waals surface area contributed by atoms with E-state index in [0.717, 1.165) is 5.56 Å². The van der Waals surface area contributed by atoms with Gasteiger partial charge in [-0.05, 0) is 37.8 Å². The molecule has 0 aromatic heterocycles. The number of rotatable bonds is 5. The predicted octanol–water partition coefficient (Wildman–Crippen LogP) is 1.29. The molecule has 1 unspecified atom stereocenters. The summed E-state index contributed by atoms with van der Waals surface area (Å²) in [6, 6.07) is 6.45. The highest BCUT2D eigenvalue weighted by atomic mass is 35.5. The minimum Gasteiger partial charge on any atom is -0.491 e. The predicted molar refractivity (Wildman–Crippen MR) is 126 cm³/mol. The number of piperidine rings is 1. The number of nitrogens with zero attached hydrogens (tertiary/aromatic N) is 4. The molecule has 1 N–H and O–H groups in total. The molecule has 3 fully saturated rings. The number of fused-ring (bicyclic) bond motifs is 1. The lowest BCUT2D eigenvalue weighted by Crippen LogP contribution is -2.57. The maximum absolute atomic E-state index is 13.5. The topological polar surface area (TPSA) is 123 Å². The van der Waals surface area contributed by atoms with Gasteiger partial charge in [0.1, 0.15) is 18.4 Å². The van der Waals surface area contributed by atoms with E-state index in [2.05, 4.69) is 11.4 Å². The monoisotopic (exact) mass is 521 g/mol. The molecule has 2 amide bonds. The first-order chi connectivity index (χ1) is 16.8. The molecule has 1 aromatic carbocycles. The van der Waals surface area contributed by atoms with E-state index in [4.69, 9.17) is 21.6 Å². The summed E-state index contributed by atoms with van der Waals surface area (Å²) in [6.45, 7) is 1.59. The summed E-state index contributed by atoms with van der Waals surface area (Å²) in [5.41, 5.74) is 0.746. The van der Waals surface area contributed by atoms with Gasteiger partial charge in [0.2, 0.25) is 11.8 Å². The first-order valence-corrected chi connectivity index (χ1v) is 13.7. The van der Waals surface area contributed by atoms with Crippen molar-refractivity contribution in [1.29, 1.82) is 5.26 Å². The summed E-state index contributed by atoms with van der Waals surface area (Å²) >= 11 is 6.32. The van der Waals surface area contributed by atoms with Crippen LogP contribution < -0.4 is 10.1 Å². The van der Waals surface area contributed by atoms with Crippen LogP contribution in [0.2, 0.25) is 5.02 Å². The van der Waals surface area contributed by atoms with Gasteiger partial charge in [-0.15, -0.1) is 0 Å². The van der Waals surface area contributed by atoms with E-state index < -0.39 is 22.2 Å². The van der Waals surface area contributed by atoms with E-state index in [1.807, 2.05) is 6.07 Å². The van der Waals surface area contributed by atoms with E-state index in [0.29, 0.717) is 49.5 Å². The average molecular weight is 522 g/mol. The Morgan fingerprint density at radius 2 is 1.89 bits per heavy atom. The van der Waals surface area contributed by atoms with E-state index in [9.17, 15) is 18.0 Å². The van der Waals surface area contributed by atoms with Gasteiger partial charge in [0.15, 0.2) is 0 Å². The van der Waals surface area contributed by atoms with Crippen molar-refractivity contribution in [2.75, 3.05) is 39.3 Å². The highest BCUT2D eigenvalue weighted by Gasteiger charge is 2.44. The highest BCUT2D eigenvalue weighted by Crippen LogP contribution is 2.38. The number of benzene rings is 1. The van der Waals surface area contributed by atoms with Crippen molar-refractivity contribution in [2.45, 2.75) is 37.8 Å². The van der Waals surface area contributed by atoms with Gasteiger partial charge in [-0.3, -0.25) is 9.59 Å². The Bertz CT molecular complexity index is 1170. The largest absolute Gasteiger partial charge is 0.491 e. The maximum atomic E-state index is 13.5. The van der Waals surface area contributed by atoms with Crippen LogP contribution in [0.25, 0.3) is 0 Å². The van der Waals surface area contributed by atoms with Crippen LogP contribution in [0, 0.1) is 23.2 Å². The third kappa shape index (κ3) is 4.48. The number of halogens is 1. The molecule has 1 aromatic rings. The second-order valence-corrected chi connectivity index (χ2v) is 11.9. The van der Waals surface area contributed by atoms with Crippen LogP contribution in [0.4, 0.5) is 0 Å². The number of likely N-dealkylation sites (tertiary alicyclic amines) is 1. The summed E-state index contributed by atoms with van der Waals surface area (Å²) in [4.78, 5) is 28.3. The molecule has 0 aliphatic carbocycles. The molecule has 0 radical (unpaired) electrons. The number of carbonyl (C=O) groups is 2. The van der Waals surface area contributed by atoms with E-state index in [1.54, 1.807) is 17.0 Å². The van der Waals surface area contributed by atoms with Crippen molar-refractivity contribution >= 4 is 33.6 Å². The molecular formula is C23H28ClN5O5S. The van der Waals surface area contributed by atoms with Crippen LogP contribution in [-0.2, 0) is 19.8 Å². The lowest BCUT2D eigenvalue weighted by atomic mass is 9.97. The molecule has 3 atom stereocenters. The first-order valence-electron chi connectivity index (χ1n) is 12.0. The third-order valence-electron chi connectivity index (χ3n) is 7.34. The van der Waals surface area contributed by atoms with Crippen LogP contribution in [0.15, 0.2) is 18.2 Å². The summed E-state index contributed by atoms with van der Waals surface area (Å²) in [5.74, 6) is -0.551. The van der Waals surface area contributed by atoms with Crippen LogP contribution in [0.5, 0.6) is 5.75 Å².